The third-order valence-electron chi connectivity index (χ3n) is 3.30. The number of rotatable bonds is 5. The standard InChI is InChI=1S/C17H18ClNO2/c1-12-4-7-14(11-16(12)18)17(21)19-10-2-3-13-5-8-15(20)9-6-13/h4-9,11,20H,2-3,10H2,1H3,(H,19,21). The second kappa shape index (κ2) is 7.14. The predicted octanol–water partition coefficient (Wildman–Crippen LogP) is 3.72. The molecule has 2 N–H and O–H groups in total. The summed E-state index contributed by atoms with van der Waals surface area (Å²) in [7, 11) is 0. The first-order valence-corrected chi connectivity index (χ1v) is 7.26. The van der Waals surface area contributed by atoms with E-state index in [9.17, 15) is 9.90 Å². The molecule has 110 valence electrons. The average molecular weight is 304 g/mol. The quantitative estimate of drug-likeness (QED) is 0.827. The van der Waals surface area contributed by atoms with Crippen LogP contribution in [-0.2, 0) is 6.42 Å². The molecule has 0 radical (unpaired) electrons. The van der Waals surface area contributed by atoms with Crippen molar-refractivity contribution in [1.82, 2.24) is 5.32 Å². The smallest absolute Gasteiger partial charge is 0.251 e. The van der Waals surface area contributed by atoms with Gasteiger partial charge in [-0.25, -0.2) is 0 Å². The molecule has 0 heterocycles. The minimum Gasteiger partial charge on any atom is -0.508 e. The molecule has 0 aliphatic carbocycles. The molecule has 0 bridgehead atoms. The van der Waals surface area contributed by atoms with Gasteiger partial charge in [0.15, 0.2) is 0 Å². The summed E-state index contributed by atoms with van der Waals surface area (Å²) in [6.45, 7) is 2.51. The third-order valence-corrected chi connectivity index (χ3v) is 3.71. The Kier molecular flexibility index (Phi) is 5.23. The van der Waals surface area contributed by atoms with Crippen molar-refractivity contribution < 1.29 is 9.90 Å². The number of halogens is 1. The summed E-state index contributed by atoms with van der Waals surface area (Å²) < 4.78 is 0. The Morgan fingerprint density at radius 3 is 2.57 bits per heavy atom. The van der Waals surface area contributed by atoms with Crippen LogP contribution in [0.1, 0.15) is 27.9 Å². The van der Waals surface area contributed by atoms with Crippen molar-refractivity contribution in [2.45, 2.75) is 19.8 Å². The lowest BCUT2D eigenvalue weighted by Crippen LogP contribution is -2.24. The highest BCUT2D eigenvalue weighted by atomic mass is 35.5. The molecule has 1 amide bonds. The molecular formula is C17H18ClNO2. The molecule has 2 aromatic carbocycles. The fourth-order valence-electron chi connectivity index (χ4n) is 1.99. The van der Waals surface area contributed by atoms with Crippen LogP contribution in [0.15, 0.2) is 42.5 Å². The van der Waals surface area contributed by atoms with Crippen molar-refractivity contribution >= 4 is 17.5 Å². The summed E-state index contributed by atoms with van der Waals surface area (Å²) in [4.78, 5) is 12.0. The van der Waals surface area contributed by atoms with Crippen LogP contribution in [-0.4, -0.2) is 17.6 Å². The number of nitrogens with one attached hydrogen (secondary N) is 1. The van der Waals surface area contributed by atoms with Crippen molar-refractivity contribution in [2.75, 3.05) is 6.54 Å². The lowest BCUT2D eigenvalue weighted by Gasteiger charge is -2.07. The Labute approximate surface area is 129 Å². The van der Waals surface area contributed by atoms with Crippen LogP contribution < -0.4 is 5.32 Å². The van der Waals surface area contributed by atoms with E-state index in [0.29, 0.717) is 17.1 Å². The zero-order chi connectivity index (χ0) is 15.2. The van der Waals surface area contributed by atoms with Gasteiger partial charge in [-0.05, 0) is 55.2 Å². The van der Waals surface area contributed by atoms with Crippen LogP contribution in [0.3, 0.4) is 0 Å². The molecule has 4 heteroatoms. The zero-order valence-electron chi connectivity index (χ0n) is 11.9. The summed E-state index contributed by atoms with van der Waals surface area (Å²) in [6.07, 6.45) is 1.70. The highest BCUT2D eigenvalue weighted by Gasteiger charge is 2.06. The van der Waals surface area contributed by atoms with Crippen molar-refractivity contribution in [1.29, 1.82) is 0 Å². The molecule has 2 rings (SSSR count). The number of phenolic OH excluding ortho intramolecular Hbond substituents is 1. The molecule has 0 unspecified atom stereocenters. The van der Waals surface area contributed by atoms with Gasteiger partial charge in [0.05, 0.1) is 0 Å². The van der Waals surface area contributed by atoms with Gasteiger partial charge in [0.2, 0.25) is 0 Å². The molecular weight excluding hydrogens is 286 g/mol. The molecule has 0 aliphatic heterocycles. The number of amides is 1. The molecule has 0 atom stereocenters. The predicted molar refractivity (Wildman–Crippen MR) is 85.0 cm³/mol. The molecule has 2 aromatic rings. The molecule has 0 fully saturated rings. The number of hydrogen-bond donors (Lipinski definition) is 2. The van der Waals surface area contributed by atoms with Crippen molar-refractivity contribution in [3.05, 3.63) is 64.2 Å². The number of aryl methyl sites for hydroxylation is 2. The van der Waals surface area contributed by atoms with Gasteiger partial charge in [-0.15, -0.1) is 0 Å². The number of benzene rings is 2. The minimum absolute atomic E-state index is 0.109. The van der Waals surface area contributed by atoms with Crippen LogP contribution >= 0.6 is 11.6 Å². The lowest BCUT2D eigenvalue weighted by molar-refractivity contribution is 0.0953. The van der Waals surface area contributed by atoms with Crippen LogP contribution in [0.25, 0.3) is 0 Å². The van der Waals surface area contributed by atoms with Gasteiger partial charge in [0.1, 0.15) is 5.75 Å². The number of aromatic hydroxyl groups is 1. The monoisotopic (exact) mass is 303 g/mol. The SMILES string of the molecule is Cc1ccc(C(=O)NCCCc2ccc(O)cc2)cc1Cl. The Hall–Kier alpha value is -2.00. The molecule has 0 spiro atoms. The summed E-state index contributed by atoms with van der Waals surface area (Å²) >= 11 is 6.01. The number of hydrogen-bond acceptors (Lipinski definition) is 2. The van der Waals surface area contributed by atoms with Crippen molar-refractivity contribution in [3.63, 3.8) is 0 Å². The Balaban J connectivity index is 1.79. The maximum absolute atomic E-state index is 12.0. The summed E-state index contributed by atoms with van der Waals surface area (Å²) in [5.74, 6) is 0.158. The van der Waals surface area contributed by atoms with E-state index >= 15 is 0 Å². The number of carbonyl (C=O) groups is 1. The maximum Gasteiger partial charge on any atom is 0.251 e. The topological polar surface area (TPSA) is 49.3 Å². The first-order valence-electron chi connectivity index (χ1n) is 6.88. The molecule has 3 nitrogen and oxygen atoms in total. The normalized spacial score (nSPS) is 10.4. The first-order chi connectivity index (χ1) is 10.1. The average Bonchev–Trinajstić information content (AvgIpc) is 2.48. The van der Waals surface area contributed by atoms with Crippen LogP contribution in [0.4, 0.5) is 0 Å². The fraction of sp³-hybridized carbons (Fsp3) is 0.235. The Morgan fingerprint density at radius 1 is 1.19 bits per heavy atom. The Bertz CT molecular complexity index is 623. The number of carbonyl (C=O) groups excluding carboxylic acids is 1. The number of phenols is 1. The van der Waals surface area contributed by atoms with Gasteiger partial charge in [-0.1, -0.05) is 29.8 Å². The summed E-state index contributed by atoms with van der Waals surface area (Å²) in [5.41, 5.74) is 2.68. The van der Waals surface area contributed by atoms with E-state index in [1.165, 1.54) is 0 Å². The van der Waals surface area contributed by atoms with Gasteiger partial charge < -0.3 is 10.4 Å². The highest BCUT2D eigenvalue weighted by Crippen LogP contribution is 2.16. The van der Waals surface area contributed by atoms with E-state index in [0.717, 1.165) is 24.0 Å². The molecule has 0 aliphatic rings. The zero-order valence-corrected chi connectivity index (χ0v) is 12.7. The van der Waals surface area contributed by atoms with Gasteiger partial charge in [-0.3, -0.25) is 4.79 Å². The first kappa shape index (κ1) is 15.4. The fourth-order valence-corrected chi connectivity index (χ4v) is 2.17. The maximum atomic E-state index is 12.0. The Morgan fingerprint density at radius 2 is 1.90 bits per heavy atom. The van der Waals surface area contributed by atoms with Crippen LogP contribution in [0, 0.1) is 6.92 Å². The molecule has 0 saturated carbocycles. The van der Waals surface area contributed by atoms with E-state index in [2.05, 4.69) is 5.32 Å². The van der Waals surface area contributed by atoms with Gasteiger partial charge in [-0.2, -0.15) is 0 Å². The molecule has 21 heavy (non-hydrogen) atoms. The second-order valence-electron chi connectivity index (χ2n) is 4.99. The van der Waals surface area contributed by atoms with E-state index in [-0.39, 0.29) is 11.7 Å². The summed E-state index contributed by atoms with van der Waals surface area (Å²) in [5, 5.41) is 12.7. The molecule has 0 aromatic heterocycles. The van der Waals surface area contributed by atoms with E-state index in [1.807, 2.05) is 25.1 Å². The van der Waals surface area contributed by atoms with Crippen molar-refractivity contribution in [3.8, 4) is 5.75 Å². The van der Waals surface area contributed by atoms with E-state index < -0.39 is 0 Å². The van der Waals surface area contributed by atoms with E-state index in [1.54, 1.807) is 24.3 Å². The van der Waals surface area contributed by atoms with Gasteiger partial charge in [0, 0.05) is 17.1 Å². The van der Waals surface area contributed by atoms with Gasteiger partial charge in [0.25, 0.3) is 5.91 Å². The van der Waals surface area contributed by atoms with Crippen LogP contribution in [0.5, 0.6) is 5.75 Å². The largest absolute Gasteiger partial charge is 0.508 e. The lowest BCUT2D eigenvalue weighted by atomic mass is 10.1. The minimum atomic E-state index is -0.109. The van der Waals surface area contributed by atoms with Crippen LogP contribution in [0.2, 0.25) is 5.02 Å². The highest BCUT2D eigenvalue weighted by molar-refractivity contribution is 6.31. The molecule has 0 saturated heterocycles. The van der Waals surface area contributed by atoms with E-state index in [4.69, 9.17) is 11.6 Å². The summed E-state index contributed by atoms with van der Waals surface area (Å²) in [6, 6.07) is 12.4. The third kappa shape index (κ3) is 4.50. The van der Waals surface area contributed by atoms with Gasteiger partial charge >= 0.3 is 0 Å². The van der Waals surface area contributed by atoms with Crippen molar-refractivity contribution in [2.24, 2.45) is 0 Å². The second-order valence-corrected chi connectivity index (χ2v) is 5.40.